The van der Waals surface area contributed by atoms with Crippen LogP contribution in [0.1, 0.15) is 53.7 Å². The maximum Gasteiger partial charge on any atom is 0.410 e. The quantitative estimate of drug-likeness (QED) is 0.705. The van der Waals surface area contributed by atoms with Gasteiger partial charge < -0.3 is 14.5 Å². The van der Waals surface area contributed by atoms with Crippen LogP contribution >= 0.6 is 0 Å². The highest BCUT2D eigenvalue weighted by Crippen LogP contribution is 2.28. The zero-order valence-corrected chi connectivity index (χ0v) is 19.6. The molecule has 0 aliphatic carbocycles. The fourth-order valence-corrected chi connectivity index (χ4v) is 3.95. The van der Waals surface area contributed by atoms with Gasteiger partial charge in [-0.15, -0.1) is 5.92 Å². The fraction of sp³-hybridized carbons (Fsp3) is 0.609. The van der Waals surface area contributed by atoms with Crippen LogP contribution in [-0.2, 0) is 18.2 Å². The Hall–Kier alpha value is -2.95. The van der Waals surface area contributed by atoms with Gasteiger partial charge in [0.2, 0.25) is 0 Å². The third-order valence-electron chi connectivity index (χ3n) is 5.57. The maximum atomic E-state index is 12.8. The van der Waals surface area contributed by atoms with Crippen molar-refractivity contribution in [1.82, 2.24) is 19.1 Å². The van der Waals surface area contributed by atoms with Crippen LogP contribution in [0.4, 0.5) is 10.5 Å². The Balaban J connectivity index is 1.98. The number of hydrogen-bond donors (Lipinski definition) is 0. The molecule has 2 atom stereocenters. The number of imidazole rings is 1. The smallest absolute Gasteiger partial charge is 0.410 e. The van der Waals surface area contributed by atoms with E-state index in [9.17, 15) is 9.59 Å². The molecule has 0 aromatic carbocycles. The Bertz CT molecular complexity index is 1080. The van der Waals surface area contributed by atoms with Crippen molar-refractivity contribution in [3.05, 3.63) is 28.3 Å². The van der Waals surface area contributed by atoms with Crippen molar-refractivity contribution in [2.75, 3.05) is 18.0 Å². The second-order valence-electron chi connectivity index (χ2n) is 9.09. The molecule has 8 heteroatoms. The minimum atomic E-state index is -0.540. The lowest BCUT2D eigenvalue weighted by molar-refractivity contribution is 0.0106. The van der Waals surface area contributed by atoms with Gasteiger partial charge in [-0.2, -0.15) is 0 Å². The third-order valence-corrected chi connectivity index (χ3v) is 5.57. The van der Waals surface area contributed by atoms with E-state index in [0.717, 1.165) is 23.4 Å². The SMILES string of the molecule is CC#CCc1cn2c(n1)c(N1C[C@@H](CC)N(C(=O)OC(C)(C)C)C[C@@H]1C)cc(=O)n2C. The summed E-state index contributed by atoms with van der Waals surface area (Å²) >= 11 is 0. The molecule has 0 radical (unpaired) electrons. The molecule has 1 saturated heterocycles. The Morgan fingerprint density at radius 2 is 2.03 bits per heavy atom. The maximum absolute atomic E-state index is 12.8. The lowest BCUT2D eigenvalue weighted by Gasteiger charge is -2.46. The summed E-state index contributed by atoms with van der Waals surface area (Å²) in [5.41, 5.74) is 1.68. The molecule has 3 heterocycles. The average molecular weight is 428 g/mol. The normalized spacial score (nSPS) is 19.3. The van der Waals surface area contributed by atoms with E-state index >= 15 is 0 Å². The van der Waals surface area contributed by atoms with E-state index in [1.165, 1.54) is 0 Å². The summed E-state index contributed by atoms with van der Waals surface area (Å²) in [6, 6.07) is 1.63. The van der Waals surface area contributed by atoms with Crippen molar-refractivity contribution >= 4 is 17.4 Å². The van der Waals surface area contributed by atoms with E-state index in [-0.39, 0.29) is 23.7 Å². The van der Waals surface area contributed by atoms with Gasteiger partial charge in [-0.3, -0.25) is 4.79 Å². The number of anilines is 1. The van der Waals surface area contributed by atoms with Gasteiger partial charge in [0, 0.05) is 32.2 Å². The van der Waals surface area contributed by atoms with Crippen molar-refractivity contribution < 1.29 is 9.53 Å². The van der Waals surface area contributed by atoms with E-state index < -0.39 is 5.60 Å². The molecule has 0 unspecified atom stereocenters. The van der Waals surface area contributed by atoms with Gasteiger partial charge >= 0.3 is 6.09 Å². The number of piperazine rings is 1. The first kappa shape index (κ1) is 22.7. The van der Waals surface area contributed by atoms with Crippen LogP contribution in [0.5, 0.6) is 0 Å². The summed E-state index contributed by atoms with van der Waals surface area (Å²) in [5.74, 6) is 5.92. The van der Waals surface area contributed by atoms with Crippen molar-refractivity contribution in [2.24, 2.45) is 7.05 Å². The third kappa shape index (κ3) is 4.71. The Morgan fingerprint density at radius 1 is 1.32 bits per heavy atom. The van der Waals surface area contributed by atoms with Gasteiger partial charge in [-0.1, -0.05) is 12.8 Å². The fourth-order valence-electron chi connectivity index (χ4n) is 3.95. The van der Waals surface area contributed by atoms with Crippen molar-refractivity contribution in [3.8, 4) is 11.8 Å². The first-order valence-corrected chi connectivity index (χ1v) is 10.8. The number of nitrogens with zero attached hydrogens (tertiary/aromatic N) is 5. The molecule has 2 aromatic rings. The van der Waals surface area contributed by atoms with Crippen molar-refractivity contribution in [1.29, 1.82) is 0 Å². The van der Waals surface area contributed by atoms with E-state index in [1.807, 2.05) is 31.9 Å². The molecule has 2 aromatic heterocycles. The molecule has 0 saturated carbocycles. The highest BCUT2D eigenvalue weighted by Gasteiger charge is 2.37. The van der Waals surface area contributed by atoms with Gasteiger partial charge in [0.05, 0.1) is 30.0 Å². The highest BCUT2D eigenvalue weighted by molar-refractivity contribution is 5.72. The number of amides is 1. The Morgan fingerprint density at radius 3 is 2.65 bits per heavy atom. The number of ether oxygens (including phenoxy) is 1. The number of carbonyl (C=O) groups is 1. The van der Waals surface area contributed by atoms with E-state index in [2.05, 4.69) is 30.6 Å². The number of hydrogen-bond acceptors (Lipinski definition) is 5. The molecule has 0 N–H and O–H groups in total. The number of carbonyl (C=O) groups excluding carboxylic acids is 1. The highest BCUT2D eigenvalue weighted by atomic mass is 16.6. The molecule has 8 nitrogen and oxygen atoms in total. The Labute approximate surface area is 183 Å². The standard InChI is InChI=1S/C23H33N5O3/c1-8-10-11-17-14-28-21(24-17)19(12-20(29)25(28)7)26-15-18(9-2)27(13-16(26)3)22(30)31-23(4,5)6/h12,14,16,18H,9,11,13,15H2,1-7H3/t16-,18+/m0/s1. The summed E-state index contributed by atoms with van der Waals surface area (Å²) in [6.45, 7) is 12.7. The van der Waals surface area contributed by atoms with Gasteiger partial charge in [-0.25, -0.2) is 19.0 Å². The molecule has 3 rings (SSSR count). The zero-order valence-electron chi connectivity index (χ0n) is 19.6. The lowest BCUT2D eigenvalue weighted by atomic mass is 10.0. The van der Waals surface area contributed by atoms with E-state index in [0.29, 0.717) is 19.5 Å². The first-order valence-electron chi connectivity index (χ1n) is 10.8. The second kappa shape index (κ2) is 8.66. The Kier molecular flexibility index (Phi) is 6.35. The first-order chi connectivity index (χ1) is 14.6. The van der Waals surface area contributed by atoms with Crippen LogP contribution in [0, 0.1) is 11.8 Å². The molecule has 31 heavy (non-hydrogen) atoms. The van der Waals surface area contributed by atoms with Crippen molar-refractivity contribution in [2.45, 2.75) is 72.1 Å². The molecule has 0 spiro atoms. The summed E-state index contributed by atoms with van der Waals surface area (Å²) < 4.78 is 8.97. The van der Waals surface area contributed by atoms with Crippen LogP contribution in [0.25, 0.3) is 5.65 Å². The predicted octanol–water partition coefficient (Wildman–Crippen LogP) is 2.82. The number of aromatic nitrogens is 3. The lowest BCUT2D eigenvalue weighted by Crippen LogP contribution is -2.60. The molecule has 168 valence electrons. The summed E-state index contributed by atoms with van der Waals surface area (Å²) in [5, 5.41) is 0. The van der Waals surface area contributed by atoms with Crippen LogP contribution in [0.15, 0.2) is 17.1 Å². The molecule has 1 aliphatic rings. The molecule has 1 fully saturated rings. The number of aryl methyl sites for hydroxylation is 1. The minimum absolute atomic E-state index is 0.00167. The van der Waals surface area contributed by atoms with Gasteiger partial charge in [0.1, 0.15) is 5.60 Å². The van der Waals surface area contributed by atoms with Gasteiger partial charge in [0.15, 0.2) is 5.65 Å². The van der Waals surface area contributed by atoms with E-state index in [4.69, 9.17) is 9.72 Å². The molecular weight excluding hydrogens is 394 g/mol. The molecule has 1 aliphatic heterocycles. The van der Waals surface area contributed by atoms with E-state index in [1.54, 1.807) is 29.2 Å². The summed E-state index contributed by atoms with van der Waals surface area (Å²) in [7, 11) is 1.73. The average Bonchev–Trinajstić information content (AvgIpc) is 3.12. The number of fused-ring (bicyclic) bond motifs is 1. The van der Waals surface area contributed by atoms with Crippen molar-refractivity contribution in [3.63, 3.8) is 0 Å². The summed E-state index contributed by atoms with van der Waals surface area (Å²) in [6.07, 6.45) is 2.89. The zero-order chi connectivity index (χ0) is 22.9. The molecule has 0 bridgehead atoms. The number of rotatable bonds is 3. The second-order valence-corrected chi connectivity index (χ2v) is 9.09. The van der Waals surface area contributed by atoms with Crippen LogP contribution in [-0.4, -0.2) is 55.9 Å². The van der Waals surface area contributed by atoms with Crippen LogP contribution in [0.2, 0.25) is 0 Å². The van der Waals surface area contributed by atoms with Gasteiger partial charge in [0.25, 0.3) is 5.56 Å². The van der Waals surface area contributed by atoms with Crippen LogP contribution < -0.4 is 10.5 Å². The molecular formula is C23H33N5O3. The monoisotopic (exact) mass is 427 g/mol. The predicted molar refractivity (Wildman–Crippen MR) is 121 cm³/mol. The molecule has 1 amide bonds. The van der Waals surface area contributed by atoms with Crippen LogP contribution in [0.3, 0.4) is 0 Å². The topological polar surface area (TPSA) is 72.1 Å². The van der Waals surface area contributed by atoms with Gasteiger partial charge in [-0.05, 0) is 41.0 Å². The minimum Gasteiger partial charge on any atom is -0.444 e. The summed E-state index contributed by atoms with van der Waals surface area (Å²) in [4.78, 5) is 34.2. The largest absolute Gasteiger partial charge is 0.444 e.